The first-order valence-electron chi connectivity index (χ1n) is 11.7. The summed E-state index contributed by atoms with van der Waals surface area (Å²) >= 11 is 5.13. The van der Waals surface area contributed by atoms with Crippen molar-refractivity contribution in [1.82, 2.24) is 25.0 Å². The smallest absolute Gasteiger partial charge is 0.434 e. The van der Waals surface area contributed by atoms with Crippen molar-refractivity contribution >= 4 is 56.9 Å². The normalized spacial score (nSPS) is 22.7. The average molecular weight is 680 g/mol. The van der Waals surface area contributed by atoms with E-state index in [-0.39, 0.29) is 16.0 Å². The van der Waals surface area contributed by atoms with Gasteiger partial charge in [0.05, 0.1) is 11.7 Å². The zero-order valence-corrected chi connectivity index (χ0v) is 24.6. The van der Waals surface area contributed by atoms with Crippen molar-refractivity contribution in [3.8, 4) is 11.4 Å². The predicted octanol–water partition coefficient (Wildman–Crippen LogP) is 4.06. The summed E-state index contributed by atoms with van der Waals surface area (Å²) in [7, 11) is 0. The highest BCUT2D eigenvalue weighted by Crippen LogP contribution is 2.43. The van der Waals surface area contributed by atoms with Gasteiger partial charge in [-0.05, 0) is 22.0 Å². The van der Waals surface area contributed by atoms with Crippen LogP contribution in [0, 0.1) is 0 Å². The van der Waals surface area contributed by atoms with Crippen LogP contribution in [0.3, 0.4) is 0 Å². The van der Waals surface area contributed by atoms with Crippen LogP contribution in [0.25, 0.3) is 11.4 Å². The molecule has 41 heavy (non-hydrogen) atoms. The third kappa shape index (κ3) is 7.60. The molecule has 0 radical (unpaired) electrons. The average Bonchev–Trinajstić information content (AvgIpc) is 3.55. The van der Waals surface area contributed by atoms with Gasteiger partial charge in [-0.25, -0.2) is 14.6 Å². The Balaban J connectivity index is 1.78. The molecule has 12 nitrogen and oxygen atoms in total. The van der Waals surface area contributed by atoms with E-state index in [1.165, 1.54) is 35.2 Å². The number of aromatic nitrogens is 5. The molecule has 0 aromatic carbocycles. The van der Waals surface area contributed by atoms with E-state index in [1.54, 1.807) is 10.9 Å². The Bertz CT molecular complexity index is 1410. The number of carbonyl (C=O) groups is 3. The number of hydrogen-bond donors (Lipinski definition) is 0. The Kier molecular flexibility index (Phi) is 9.66. The van der Waals surface area contributed by atoms with Gasteiger partial charge in [0.2, 0.25) is 0 Å². The summed E-state index contributed by atoms with van der Waals surface area (Å²) in [4.78, 5) is 44.0. The van der Waals surface area contributed by atoms with Gasteiger partial charge in [0.1, 0.15) is 35.6 Å². The molecule has 18 heteroatoms. The fourth-order valence-corrected chi connectivity index (χ4v) is 6.37. The molecule has 3 aromatic rings. The Hall–Kier alpha value is -3.09. The first kappa shape index (κ1) is 30.9. The van der Waals surface area contributed by atoms with Crippen molar-refractivity contribution in [2.45, 2.75) is 61.6 Å². The second kappa shape index (κ2) is 12.8. The van der Waals surface area contributed by atoms with E-state index in [0.29, 0.717) is 11.4 Å². The molecule has 0 saturated carbocycles. The molecule has 1 aliphatic rings. The number of hydrogen-bond acceptors (Lipinski definition) is 13. The summed E-state index contributed by atoms with van der Waals surface area (Å²) in [6.45, 7) is 3.13. The lowest BCUT2D eigenvalue weighted by atomic mass is 9.96. The highest BCUT2D eigenvalue weighted by molar-refractivity contribution is 9.10. The van der Waals surface area contributed by atoms with E-state index in [9.17, 15) is 27.6 Å². The maximum atomic E-state index is 13.3. The minimum absolute atomic E-state index is 0.227. The van der Waals surface area contributed by atoms with Gasteiger partial charge in [-0.2, -0.15) is 13.2 Å². The summed E-state index contributed by atoms with van der Waals surface area (Å²) in [5.41, 5.74) is 0.251. The molecule has 1 saturated heterocycles. The second-order valence-corrected chi connectivity index (χ2v) is 11.3. The van der Waals surface area contributed by atoms with Crippen LogP contribution < -0.4 is 0 Å². The maximum Gasteiger partial charge on any atom is 0.434 e. The standard InChI is InChI=1S/C23H21BrF3N5O7S2/c1-10(33)36-7-17-19(37-11(2)34)18(32-6-15(30-31-32)16-8-40-9-29-16)20(38-12(3)35)22(39-17)41-13-4-14(24)21(28-5-13)23(25,26)27/h4-6,8-9,17-20,22H,7H2,1-3H3. The van der Waals surface area contributed by atoms with E-state index < -0.39 is 59.6 Å². The Morgan fingerprint density at radius 3 is 2.39 bits per heavy atom. The number of ether oxygens (including phenoxy) is 4. The van der Waals surface area contributed by atoms with Crippen LogP contribution >= 0.6 is 39.0 Å². The molecule has 0 amide bonds. The van der Waals surface area contributed by atoms with Crippen LogP contribution in [-0.4, -0.2) is 73.2 Å². The number of rotatable bonds is 8. The third-order valence-electron chi connectivity index (χ3n) is 5.52. The fraction of sp³-hybridized carbons (Fsp3) is 0.435. The van der Waals surface area contributed by atoms with Crippen LogP contribution in [0.15, 0.2) is 38.7 Å². The molecule has 0 N–H and O–H groups in total. The molecular weight excluding hydrogens is 659 g/mol. The van der Waals surface area contributed by atoms with Crippen molar-refractivity contribution in [1.29, 1.82) is 0 Å². The third-order valence-corrected chi connectivity index (χ3v) is 7.82. The highest BCUT2D eigenvalue weighted by atomic mass is 79.9. The lowest BCUT2D eigenvalue weighted by Crippen LogP contribution is -2.57. The lowest BCUT2D eigenvalue weighted by molar-refractivity contribution is -0.212. The summed E-state index contributed by atoms with van der Waals surface area (Å²) < 4.78 is 63.3. The topological polar surface area (TPSA) is 145 Å². The van der Waals surface area contributed by atoms with Gasteiger partial charge in [0.25, 0.3) is 0 Å². The van der Waals surface area contributed by atoms with Crippen molar-refractivity contribution in [2.75, 3.05) is 6.61 Å². The van der Waals surface area contributed by atoms with Crippen molar-refractivity contribution < 1.29 is 46.5 Å². The lowest BCUT2D eigenvalue weighted by Gasteiger charge is -2.44. The van der Waals surface area contributed by atoms with Crippen LogP contribution in [0.1, 0.15) is 32.5 Å². The maximum absolute atomic E-state index is 13.3. The monoisotopic (exact) mass is 679 g/mol. The zero-order valence-electron chi connectivity index (χ0n) is 21.4. The molecule has 4 rings (SSSR count). The largest absolute Gasteiger partial charge is 0.463 e. The van der Waals surface area contributed by atoms with Crippen molar-refractivity contribution in [2.24, 2.45) is 0 Å². The van der Waals surface area contributed by atoms with Crippen molar-refractivity contribution in [3.05, 3.63) is 39.5 Å². The Morgan fingerprint density at radius 1 is 1.10 bits per heavy atom. The number of thioether (sulfide) groups is 1. The number of pyridine rings is 1. The molecule has 0 bridgehead atoms. The highest BCUT2D eigenvalue weighted by Gasteiger charge is 2.52. The van der Waals surface area contributed by atoms with Gasteiger partial charge < -0.3 is 18.9 Å². The number of esters is 3. The van der Waals surface area contributed by atoms with Gasteiger partial charge in [-0.15, -0.1) is 16.4 Å². The Morgan fingerprint density at radius 2 is 1.80 bits per heavy atom. The van der Waals surface area contributed by atoms with Gasteiger partial charge in [-0.1, -0.05) is 17.0 Å². The van der Waals surface area contributed by atoms with E-state index in [2.05, 4.69) is 36.2 Å². The van der Waals surface area contributed by atoms with E-state index in [1.807, 2.05) is 0 Å². The van der Waals surface area contributed by atoms with E-state index in [4.69, 9.17) is 18.9 Å². The number of halogens is 4. The van der Waals surface area contributed by atoms with Crippen LogP contribution in [0.4, 0.5) is 13.2 Å². The van der Waals surface area contributed by atoms with Crippen LogP contribution in [0.5, 0.6) is 0 Å². The summed E-state index contributed by atoms with van der Waals surface area (Å²) in [5.74, 6) is -2.07. The van der Waals surface area contributed by atoms with E-state index >= 15 is 0 Å². The van der Waals surface area contributed by atoms with E-state index in [0.717, 1.165) is 31.8 Å². The van der Waals surface area contributed by atoms with Gasteiger partial charge in [-0.3, -0.25) is 14.4 Å². The first-order valence-corrected chi connectivity index (χ1v) is 14.3. The molecule has 0 aliphatic carbocycles. The number of alkyl halides is 3. The molecule has 4 heterocycles. The second-order valence-electron chi connectivity index (χ2n) is 8.56. The number of thiazole rings is 1. The molecule has 0 spiro atoms. The minimum Gasteiger partial charge on any atom is -0.463 e. The van der Waals surface area contributed by atoms with Gasteiger partial charge in [0.15, 0.2) is 17.9 Å². The number of nitrogens with zero attached hydrogens (tertiary/aromatic N) is 5. The predicted molar refractivity (Wildman–Crippen MR) is 139 cm³/mol. The molecule has 1 aliphatic heterocycles. The van der Waals surface area contributed by atoms with Gasteiger partial charge >= 0.3 is 24.1 Å². The minimum atomic E-state index is -4.69. The molecule has 220 valence electrons. The SMILES string of the molecule is CC(=O)OCC1OC(Sc2cnc(C(F)(F)F)c(Br)c2)C(OC(C)=O)C(n2cc(-c3cscn3)nn2)C1OC(C)=O. The van der Waals surface area contributed by atoms with Crippen LogP contribution in [-0.2, 0) is 39.5 Å². The summed E-state index contributed by atoms with van der Waals surface area (Å²) in [6.07, 6.45) is -5.70. The molecule has 5 atom stereocenters. The quantitative estimate of drug-likeness (QED) is 0.250. The fourth-order valence-electron chi connectivity index (χ4n) is 3.99. The summed E-state index contributed by atoms with van der Waals surface area (Å²) in [6, 6.07) is 0.124. The van der Waals surface area contributed by atoms with Gasteiger partial charge in [0, 0.05) is 41.7 Å². The molecule has 3 aromatic heterocycles. The summed E-state index contributed by atoms with van der Waals surface area (Å²) in [5, 5.41) is 10.0. The molecule has 1 fully saturated rings. The zero-order chi connectivity index (χ0) is 29.9. The Labute approximate surface area is 247 Å². The molecule has 5 unspecified atom stereocenters. The first-order chi connectivity index (χ1) is 19.3. The number of carbonyl (C=O) groups excluding carboxylic acids is 3. The molecular formula is C23H21BrF3N5O7S2. The van der Waals surface area contributed by atoms with Crippen molar-refractivity contribution in [3.63, 3.8) is 0 Å². The van der Waals surface area contributed by atoms with Crippen LogP contribution in [0.2, 0.25) is 0 Å².